The highest BCUT2D eigenvalue weighted by Gasteiger charge is 2.16. The summed E-state index contributed by atoms with van der Waals surface area (Å²) in [5, 5.41) is 0. The number of aromatic nitrogens is 1. The van der Waals surface area contributed by atoms with E-state index in [1.807, 2.05) is 0 Å². The number of hydrogen-bond acceptors (Lipinski definition) is 3. The van der Waals surface area contributed by atoms with Gasteiger partial charge in [-0.1, -0.05) is 32.1 Å². The van der Waals surface area contributed by atoms with Crippen molar-refractivity contribution in [1.29, 1.82) is 0 Å². The normalized spacial score (nSPS) is 17.9. The maximum atomic E-state index is 5.91. The Balaban J connectivity index is 2.06. The maximum absolute atomic E-state index is 5.91. The van der Waals surface area contributed by atoms with Gasteiger partial charge in [0.1, 0.15) is 0 Å². The van der Waals surface area contributed by atoms with Crippen molar-refractivity contribution in [3.63, 3.8) is 0 Å². The molecule has 82 valence electrons. The molecule has 1 aromatic heterocycles. The van der Waals surface area contributed by atoms with Crippen molar-refractivity contribution in [2.24, 2.45) is 5.92 Å². The first kappa shape index (κ1) is 10.3. The minimum atomic E-state index is 0.663. The highest BCUT2D eigenvalue weighted by Crippen LogP contribution is 2.28. The van der Waals surface area contributed by atoms with E-state index in [4.69, 9.17) is 11.5 Å². The molecule has 1 saturated carbocycles. The predicted octanol–water partition coefficient (Wildman–Crippen LogP) is 2.37. The molecule has 0 aromatic carbocycles. The summed E-state index contributed by atoms with van der Waals surface area (Å²) >= 11 is 0. The van der Waals surface area contributed by atoms with Gasteiger partial charge >= 0.3 is 0 Å². The summed E-state index contributed by atoms with van der Waals surface area (Å²) in [6, 6.07) is 1.76. The Labute approximate surface area is 90.9 Å². The third-order valence-electron chi connectivity index (χ3n) is 3.31. The van der Waals surface area contributed by atoms with Gasteiger partial charge in [-0.3, -0.25) is 4.98 Å². The van der Waals surface area contributed by atoms with Gasteiger partial charge in [-0.2, -0.15) is 0 Å². The first-order valence-corrected chi connectivity index (χ1v) is 5.76. The van der Waals surface area contributed by atoms with Gasteiger partial charge in [0.05, 0.1) is 17.1 Å². The number of hydrogen-bond donors (Lipinski definition) is 2. The Morgan fingerprint density at radius 3 is 2.67 bits per heavy atom. The van der Waals surface area contributed by atoms with E-state index >= 15 is 0 Å². The highest BCUT2D eigenvalue weighted by molar-refractivity contribution is 5.64. The number of nitrogens with two attached hydrogens (primary N) is 2. The van der Waals surface area contributed by atoms with E-state index in [2.05, 4.69) is 4.98 Å². The van der Waals surface area contributed by atoms with Crippen molar-refractivity contribution in [1.82, 2.24) is 4.98 Å². The molecule has 0 atom stereocenters. The lowest BCUT2D eigenvalue weighted by Crippen LogP contribution is -2.12. The van der Waals surface area contributed by atoms with Crippen LogP contribution in [-0.4, -0.2) is 4.98 Å². The molecule has 4 N–H and O–H groups in total. The molecule has 1 aliphatic carbocycles. The summed E-state index contributed by atoms with van der Waals surface area (Å²) in [5.74, 6) is 0.760. The van der Waals surface area contributed by atoms with E-state index in [0.29, 0.717) is 11.4 Å². The van der Waals surface area contributed by atoms with Crippen molar-refractivity contribution < 1.29 is 0 Å². The quantitative estimate of drug-likeness (QED) is 0.779. The fourth-order valence-corrected chi connectivity index (χ4v) is 2.36. The average molecular weight is 205 g/mol. The highest BCUT2D eigenvalue weighted by atomic mass is 14.8. The van der Waals surface area contributed by atoms with Gasteiger partial charge in [-0.05, 0) is 18.4 Å². The number of pyridine rings is 1. The van der Waals surface area contributed by atoms with E-state index in [1.54, 1.807) is 12.3 Å². The number of nitrogens with zero attached hydrogens (tertiary/aromatic N) is 1. The van der Waals surface area contributed by atoms with Gasteiger partial charge in [0, 0.05) is 6.20 Å². The van der Waals surface area contributed by atoms with Gasteiger partial charge in [0.2, 0.25) is 0 Å². The van der Waals surface area contributed by atoms with E-state index < -0.39 is 0 Å². The molecular formula is C12H19N3. The minimum absolute atomic E-state index is 0.663. The molecule has 3 nitrogen and oxygen atoms in total. The van der Waals surface area contributed by atoms with E-state index in [-0.39, 0.29) is 0 Å². The molecule has 2 rings (SSSR count). The summed E-state index contributed by atoms with van der Waals surface area (Å²) in [5.41, 5.74) is 14.0. The molecule has 0 saturated heterocycles. The lowest BCUT2D eigenvalue weighted by Gasteiger charge is -2.21. The largest absolute Gasteiger partial charge is 0.397 e. The fourth-order valence-electron chi connectivity index (χ4n) is 2.36. The van der Waals surface area contributed by atoms with Crippen LogP contribution in [0.3, 0.4) is 0 Å². The molecule has 1 aromatic rings. The molecule has 1 aliphatic rings. The second-order valence-electron chi connectivity index (χ2n) is 4.47. The lowest BCUT2D eigenvalue weighted by molar-refractivity contribution is 0.354. The summed E-state index contributed by atoms with van der Waals surface area (Å²) in [6.45, 7) is 0. The molecule has 3 heteroatoms. The van der Waals surface area contributed by atoms with Crippen LogP contribution in [-0.2, 0) is 6.42 Å². The molecule has 0 bridgehead atoms. The van der Waals surface area contributed by atoms with Crippen molar-refractivity contribution in [2.75, 3.05) is 11.5 Å². The minimum Gasteiger partial charge on any atom is -0.397 e. The monoisotopic (exact) mass is 205 g/mol. The third kappa shape index (κ3) is 2.41. The summed E-state index contributed by atoms with van der Waals surface area (Å²) in [4.78, 5) is 4.33. The maximum Gasteiger partial charge on any atom is 0.0766 e. The molecule has 1 heterocycles. The molecule has 1 fully saturated rings. The zero-order valence-electron chi connectivity index (χ0n) is 9.08. The van der Waals surface area contributed by atoms with Crippen molar-refractivity contribution in [3.8, 4) is 0 Å². The molecule has 15 heavy (non-hydrogen) atoms. The third-order valence-corrected chi connectivity index (χ3v) is 3.31. The Morgan fingerprint density at radius 1 is 1.20 bits per heavy atom. The molecule has 0 radical (unpaired) electrons. The number of anilines is 2. The van der Waals surface area contributed by atoms with Crippen LogP contribution in [0.25, 0.3) is 0 Å². The van der Waals surface area contributed by atoms with Gasteiger partial charge in [-0.25, -0.2) is 0 Å². The van der Waals surface area contributed by atoms with Crippen LogP contribution in [0.5, 0.6) is 0 Å². The zero-order valence-corrected chi connectivity index (χ0v) is 9.08. The molecule has 0 unspecified atom stereocenters. The molecule has 0 aliphatic heterocycles. The Kier molecular flexibility index (Phi) is 3.09. The van der Waals surface area contributed by atoms with Gasteiger partial charge in [0.15, 0.2) is 0 Å². The average Bonchev–Trinajstić information content (AvgIpc) is 2.26. The molecule has 0 amide bonds. The van der Waals surface area contributed by atoms with E-state index in [0.717, 1.165) is 18.0 Å². The van der Waals surface area contributed by atoms with Crippen LogP contribution >= 0.6 is 0 Å². The number of rotatable bonds is 2. The van der Waals surface area contributed by atoms with Gasteiger partial charge < -0.3 is 11.5 Å². The summed E-state index contributed by atoms with van der Waals surface area (Å²) in [7, 11) is 0. The van der Waals surface area contributed by atoms with Crippen molar-refractivity contribution in [3.05, 3.63) is 18.0 Å². The van der Waals surface area contributed by atoms with E-state index in [1.165, 1.54) is 32.1 Å². The van der Waals surface area contributed by atoms with Gasteiger partial charge in [0.25, 0.3) is 0 Å². The summed E-state index contributed by atoms with van der Waals surface area (Å²) < 4.78 is 0. The Bertz CT molecular complexity index is 330. The van der Waals surface area contributed by atoms with Gasteiger partial charge in [-0.15, -0.1) is 0 Å². The first-order valence-electron chi connectivity index (χ1n) is 5.76. The zero-order chi connectivity index (χ0) is 10.7. The second kappa shape index (κ2) is 4.51. The van der Waals surface area contributed by atoms with Crippen LogP contribution in [0.15, 0.2) is 12.3 Å². The van der Waals surface area contributed by atoms with Crippen molar-refractivity contribution >= 4 is 11.4 Å². The predicted molar refractivity (Wildman–Crippen MR) is 63.3 cm³/mol. The van der Waals surface area contributed by atoms with Crippen LogP contribution in [0.2, 0.25) is 0 Å². The Morgan fingerprint density at radius 2 is 1.93 bits per heavy atom. The number of nitrogen functional groups attached to an aromatic ring is 2. The lowest BCUT2D eigenvalue weighted by atomic mass is 9.86. The van der Waals surface area contributed by atoms with Crippen LogP contribution in [0.4, 0.5) is 11.4 Å². The summed E-state index contributed by atoms with van der Waals surface area (Å²) in [6.07, 6.45) is 9.47. The van der Waals surface area contributed by atoms with Crippen molar-refractivity contribution in [2.45, 2.75) is 38.5 Å². The van der Waals surface area contributed by atoms with Crippen LogP contribution in [0, 0.1) is 5.92 Å². The molecule has 0 spiro atoms. The standard InChI is InChI=1S/C12H19N3/c13-10-6-7-15-11(12(10)14)8-9-4-2-1-3-5-9/h6-7,9H,1-5,8,14H2,(H2,13,15). The second-order valence-corrected chi connectivity index (χ2v) is 4.47. The smallest absolute Gasteiger partial charge is 0.0766 e. The van der Waals surface area contributed by atoms with Crippen LogP contribution < -0.4 is 11.5 Å². The molecular weight excluding hydrogens is 186 g/mol. The fraction of sp³-hybridized carbons (Fsp3) is 0.583. The topological polar surface area (TPSA) is 64.9 Å². The SMILES string of the molecule is Nc1ccnc(CC2CCCCC2)c1N. The van der Waals surface area contributed by atoms with Crippen LogP contribution in [0.1, 0.15) is 37.8 Å². The van der Waals surface area contributed by atoms with E-state index in [9.17, 15) is 0 Å². The first-order chi connectivity index (χ1) is 7.27. The Hall–Kier alpha value is -1.25.